The number of nitrogens with zero attached hydrogens (tertiary/aromatic N) is 7. The van der Waals surface area contributed by atoms with Crippen LogP contribution in [0.25, 0.3) is 22.2 Å². The molecule has 2 aliphatic heterocycles. The number of rotatable bonds is 10. The lowest BCUT2D eigenvalue weighted by Crippen LogP contribution is -2.37. The summed E-state index contributed by atoms with van der Waals surface area (Å²) in [6.45, 7) is -0.718. The van der Waals surface area contributed by atoms with Crippen molar-refractivity contribution in [2.75, 3.05) is 24.6 Å². The molecule has 2 aliphatic rings. The van der Waals surface area contributed by atoms with Gasteiger partial charge in [0.1, 0.15) is 54.3 Å². The summed E-state index contributed by atoms with van der Waals surface area (Å²) in [5, 5.41) is 0.684. The van der Waals surface area contributed by atoms with Crippen LogP contribution in [0.3, 0.4) is 0 Å². The van der Waals surface area contributed by atoms with Crippen LogP contribution in [0.15, 0.2) is 31.2 Å². The van der Waals surface area contributed by atoms with Crippen molar-refractivity contribution in [3.05, 3.63) is 31.2 Å². The Labute approximate surface area is 237 Å². The van der Waals surface area contributed by atoms with E-state index >= 15 is 0 Å². The van der Waals surface area contributed by atoms with Crippen LogP contribution < -0.4 is 16.2 Å². The zero-order valence-corrected chi connectivity index (χ0v) is 23.4. The maximum atomic E-state index is 13.0. The standard InChI is InChI=1S/C21H27N10O9PS/c22-18-12-3-4-30(20(12)26-8-24-18)15-2-1-11(38-15)7-37-41(32,33)40-13-5-16(39-14(13)6-29-42(34,35)36)31-10-28-17-19(23)25-9-27-21(17)31/h3-4,8-11,13-16,29H,1-2,5-7H2,(H,32,33)(H2,22,24,26)(H2,23,25,27)(H,34,35,36)/t11-,13-,14+,15+,16+/m0/s1. The molecule has 6 heterocycles. The largest absolute Gasteiger partial charge is 0.472 e. The van der Waals surface area contributed by atoms with Crippen LogP contribution in [-0.2, 0) is 33.4 Å². The molecular weight excluding hydrogens is 599 g/mol. The highest BCUT2D eigenvalue weighted by molar-refractivity contribution is 7.83. The molecule has 1 unspecified atom stereocenters. The first-order valence-electron chi connectivity index (χ1n) is 12.7. The number of aromatic nitrogens is 7. The van der Waals surface area contributed by atoms with Gasteiger partial charge >= 0.3 is 18.1 Å². The van der Waals surface area contributed by atoms with Gasteiger partial charge in [0.25, 0.3) is 0 Å². The molecule has 21 heteroatoms. The van der Waals surface area contributed by atoms with Gasteiger partial charge in [0.15, 0.2) is 11.5 Å². The lowest BCUT2D eigenvalue weighted by Gasteiger charge is -2.22. The zero-order valence-electron chi connectivity index (χ0n) is 21.7. The Morgan fingerprint density at radius 1 is 1.05 bits per heavy atom. The van der Waals surface area contributed by atoms with Crippen LogP contribution in [0.5, 0.6) is 0 Å². The summed E-state index contributed by atoms with van der Waals surface area (Å²) in [6, 6.07) is 1.78. The van der Waals surface area contributed by atoms with Crippen molar-refractivity contribution in [1.29, 1.82) is 0 Å². The van der Waals surface area contributed by atoms with Crippen molar-refractivity contribution in [1.82, 2.24) is 38.8 Å². The predicted molar refractivity (Wildman–Crippen MR) is 144 cm³/mol. The van der Waals surface area contributed by atoms with Crippen LogP contribution >= 0.6 is 7.82 Å². The van der Waals surface area contributed by atoms with Crippen molar-refractivity contribution >= 4 is 52.0 Å². The van der Waals surface area contributed by atoms with Crippen molar-refractivity contribution in [2.45, 2.75) is 50.0 Å². The molecule has 0 amide bonds. The van der Waals surface area contributed by atoms with Gasteiger partial charge in [-0.2, -0.15) is 13.1 Å². The Morgan fingerprint density at radius 3 is 2.60 bits per heavy atom. The molecule has 0 saturated carbocycles. The number of nitrogens with two attached hydrogens (primary N) is 2. The molecule has 0 radical (unpaired) electrons. The maximum Gasteiger partial charge on any atom is 0.472 e. The van der Waals surface area contributed by atoms with Gasteiger partial charge in [0.05, 0.1) is 24.4 Å². The van der Waals surface area contributed by atoms with Crippen LogP contribution in [0, 0.1) is 0 Å². The first kappa shape index (κ1) is 28.8. The van der Waals surface area contributed by atoms with Gasteiger partial charge in [-0.25, -0.2) is 29.5 Å². The number of imidazole rings is 1. The third-order valence-corrected chi connectivity index (χ3v) is 8.52. The maximum absolute atomic E-state index is 13.0. The fourth-order valence-electron chi connectivity index (χ4n) is 5.05. The van der Waals surface area contributed by atoms with Crippen LogP contribution in [-0.4, -0.2) is 83.4 Å². The summed E-state index contributed by atoms with van der Waals surface area (Å²) < 4.78 is 72.6. The first-order valence-corrected chi connectivity index (χ1v) is 15.6. The van der Waals surface area contributed by atoms with Gasteiger partial charge in [-0.3, -0.25) is 18.2 Å². The normalized spacial score (nSPS) is 26.3. The molecule has 4 aromatic heterocycles. The second-order valence-corrected chi connectivity index (χ2v) is 12.3. The van der Waals surface area contributed by atoms with Crippen molar-refractivity contribution < 1.29 is 41.0 Å². The Hall–Kier alpha value is -3.33. The topological polar surface area (TPSA) is 267 Å². The number of phosphoric acid groups is 1. The molecule has 42 heavy (non-hydrogen) atoms. The van der Waals surface area contributed by atoms with E-state index in [1.165, 1.54) is 23.5 Å². The highest BCUT2D eigenvalue weighted by Crippen LogP contribution is 2.49. The average molecular weight is 627 g/mol. The fourth-order valence-corrected chi connectivity index (χ4v) is 6.40. The molecular formula is C21H27N10O9PS. The minimum Gasteiger partial charge on any atom is -0.383 e. The zero-order chi connectivity index (χ0) is 29.6. The summed E-state index contributed by atoms with van der Waals surface area (Å²) >= 11 is 0. The van der Waals surface area contributed by atoms with E-state index in [2.05, 4.69) is 24.9 Å². The van der Waals surface area contributed by atoms with Crippen molar-refractivity contribution in [2.24, 2.45) is 0 Å². The number of fused-ring (bicyclic) bond motifs is 2. The van der Waals surface area contributed by atoms with Crippen LogP contribution in [0.4, 0.5) is 11.6 Å². The molecule has 0 aromatic carbocycles. The summed E-state index contributed by atoms with van der Waals surface area (Å²) in [4.78, 5) is 31.0. The molecule has 0 bridgehead atoms. The van der Waals surface area contributed by atoms with E-state index in [0.717, 1.165) is 0 Å². The van der Waals surface area contributed by atoms with E-state index in [1.54, 1.807) is 12.3 Å². The van der Waals surface area contributed by atoms with Gasteiger partial charge in [0, 0.05) is 19.2 Å². The van der Waals surface area contributed by atoms with Gasteiger partial charge in [-0.1, -0.05) is 0 Å². The van der Waals surface area contributed by atoms with Crippen LogP contribution in [0.2, 0.25) is 0 Å². The van der Waals surface area contributed by atoms with Gasteiger partial charge in [-0.05, 0) is 18.9 Å². The summed E-state index contributed by atoms with van der Waals surface area (Å²) in [5.74, 6) is 0.484. The second kappa shape index (κ2) is 11.1. The quantitative estimate of drug-likeness (QED) is 0.117. The Balaban J connectivity index is 1.11. The van der Waals surface area contributed by atoms with Crippen molar-refractivity contribution in [3.63, 3.8) is 0 Å². The molecule has 6 rings (SSSR count). The third-order valence-electron chi connectivity index (χ3n) is 6.97. The number of anilines is 2. The van der Waals surface area contributed by atoms with Crippen molar-refractivity contribution in [3.8, 4) is 0 Å². The molecule has 2 saturated heterocycles. The van der Waals surface area contributed by atoms with Gasteiger partial charge in [0.2, 0.25) is 0 Å². The second-order valence-electron chi connectivity index (χ2n) is 9.69. The highest BCUT2D eigenvalue weighted by Gasteiger charge is 2.43. The molecule has 226 valence electrons. The number of nitrogen functional groups attached to an aromatic ring is 2. The molecule has 2 fully saturated rings. The third kappa shape index (κ3) is 5.93. The number of hydrogen-bond donors (Lipinski definition) is 5. The monoisotopic (exact) mass is 626 g/mol. The summed E-state index contributed by atoms with van der Waals surface area (Å²) in [7, 11) is -9.28. The summed E-state index contributed by atoms with van der Waals surface area (Å²) in [5.41, 5.74) is 13.0. The molecule has 4 aromatic rings. The number of nitrogens with one attached hydrogen (secondary N) is 1. The van der Waals surface area contributed by atoms with E-state index in [9.17, 15) is 17.9 Å². The Kier molecular flexibility index (Phi) is 7.58. The molecule has 19 nitrogen and oxygen atoms in total. The van der Waals surface area contributed by atoms with E-state index in [0.29, 0.717) is 40.9 Å². The lowest BCUT2D eigenvalue weighted by atomic mass is 10.2. The van der Waals surface area contributed by atoms with Gasteiger partial charge < -0.3 is 30.4 Å². The number of phosphoric ester groups is 1. The fraction of sp³-hybridized carbons (Fsp3) is 0.476. The lowest BCUT2D eigenvalue weighted by molar-refractivity contribution is -0.0313. The van der Waals surface area contributed by atoms with E-state index in [4.69, 9.17) is 34.5 Å². The molecule has 0 aliphatic carbocycles. The van der Waals surface area contributed by atoms with Gasteiger partial charge in [-0.15, -0.1) is 0 Å². The minimum absolute atomic E-state index is 0.0191. The average Bonchev–Trinajstić information content (AvgIpc) is 3.71. The smallest absolute Gasteiger partial charge is 0.383 e. The molecule has 6 atom stereocenters. The number of hydrogen-bond acceptors (Lipinski definition) is 14. The SMILES string of the molecule is Nc1ncnc2c1ccn2[C@H]1CC[C@@H](COP(=O)(O)O[C@H]2C[C@H](n3cnc4c(N)ncnc43)O[C@@H]2CNS(=O)(=O)O)O1. The minimum atomic E-state index is -4.69. The Morgan fingerprint density at radius 2 is 1.81 bits per heavy atom. The predicted octanol–water partition coefficient (Wildman–Crippen LogP) is 0.295. The molecule has 7 N–H and O–H groups in total. The van der Waals surface area contributed by atoms with E-state index < -0.39 is 55.4 Å². The Bertz CT molecular complexity index is 1770. The summed E-state index contributed by atoms with van der Waals surface area (Å²) in [6.07, 6.45) is 2.89. The van der Waals surface area contributed by atoms with E-state index in [1.807, 2.05) is 9.29 Å². The van der Waals surface area contributed by atoms with Crippen LogP contribution in [0.1, 0.15) is 31.7 Å². The van der Waals surface area contributed by atoms with E-state index in [-0.39, 0.29) is 18.8 Å². The first-order chi connectivity index (χ1) is 20.0. The number of ether oxygens (including phenoxy) is 2. The molecule has 0 spiro atoms. The highest BCUT2D eigenvalue weighted by atomic mass is 32.2.